The number of hydrogen-bond donors (Lipinski definition) is 2. The lowest BCUT2D eigenvalue weighted by Gasteiger charge is -2.19. The highest BCUT2D eigenvalue weighted by Crippen LogP contribution is 2.32. The van der Waals surface area contributed by atoms with Gasteiger partial charge >= 0.3 is 6.09 Å². The number of nitrogens with one attached hydrogen (secondary N) is 1. The molecule has 1 heterocycles. The normalized spacial score (nSPS) is 11.4. The average Bonchev–Trinajstić information content (AvgIpc) is 2.99. The van der Waals surface area contributed by atoms with Crippen LogP contribution in [0.2, 0.25) is 0 Å². The van der Waals surface area contributed by atoms with Crippen LogP contribution in [0.15, 0.2) is 36.4 Å². The number of carbonyl (C=O) groups is 1. The number of carbonyl (C=O) groups excluding carboxylic acids is 1. The van der Waals surface area contributed by atoms with Crippen LogP contribution in [0.1, 0.15) is 31.9 Å². The fourth-order valence-corrected chi connectivity index (χ4v) is 2.73. The molecule has 142 valence electrons. The fraction of sp³-hybridized carbons (Fsp3) is 0.316. The summed E-state index contributed by atoms with van der Waals surface area (Å²) >= 11 is 0. The number of amides is 1. The summed E-state index contributed by atoms with van der Waals surface area (Å²) in [6.07, 6.45) is -0.225. The van der Waals surface area contributed by atoms with Gasteiger partial charge in [-0.15, -0.1) is 9.89 Å². The van der Waals surface area contributed by atoms with Crippen LogP contribution < -0.4 is 10.2 Å². The number of nitrogens with zero attached hydrogens (tertiary/aromatic N) is 3. The third-order valence-electron chi connectivity index (χ3n) is 3.83. The number of benzene rings is 2. The smallest absolute Gasteiger partial charge is 0.428 e. The van der Waals surface area contributed by atoms with Crippen LogP contribution in [0.25, 0.3) is 11.0 Å². The molecule has 0 spiro atoms. The Labute approximate surface area is 156 Å². The van der Waals surface area contributed by atoms with E-state index in [0.29, 0.717) is 28.8 Å². The molecule has 0 radical (unpaired) electrons. The number of para-hydroxylation sites is 2. The number of aromatic hydroxyl groups is 1. The molecule has 8 nitrogen and oxygen atoms in total. The molecule has 0 saturated heterocycles. The fourth-order valence-electron chi connectivity index (χ4n) is 2.73. The minimum Gasteiger partial charge on any atom is -0.504 e. The first kappa shape index (κ1) is 18.5. The zero-order chi connectivity index (χ0) is 19.6. The number of phenols is 1. The van der Waals surface area contributed by atoms with Gasteiger partial charge < -0.3 is 14.6 Å². The van der Waals surface area contributed by atoms with Gasteiger partial charge in [0.25, 0.3) is 0 Å². The molecular formula is C19H22N4O4. The molecule has 0 fully saturated rings. The zero-order valence-electron chi connectivity index (χ0n) is 15.7. The molecule has 0 bridgehead atoms. The predicted molar refractivity (Wildman–Crippen MR) is 101 cm³/mol. The highest BCUT2D eigenvalue weighted by atomic mass is 16.6. The zero-order valence-corrected chi connectivity index (χ0v) is 15.7. The minimum absolute atomic E-state index is 0.0797. The molecule has 0 saturated carbocycles. The Kier molecular flexibility index (Phi) is 4.89. The van der Waals surface area contributed by atoms with Crippen molar-refractivity contribution in [2.45, 2.75) is 32.8 Å². The van der Waals surface area contributed by atoms with E-state index < -0.39 is 11.7 Å². The van der Waals surface area contributed by atoms with Crippen LogP contribution in [0.3, 0.4) is 0 Å². The lowest BCUT2D eigenvalue weighted by Crippen LogP contribution is -2.32. The Bertz CT molecular complexity index is 975. The van der Waals surface area contributed by atoms with Gasteiger partial charge in [0, 0.05) is 12.0 Å². The van der Waals surface area contributed by atoms with Gasteiger partial charge in [0.1, 0.15) is 16.6 Å². The molecular weight excluding hydrogens is 348 g/mol. The molecule has 3 rings (SSSR count). The maximum atomic E-state index is 12.1. The van der Waals surface area contributed by atoms with Gasteiger partial charge in [-0.2, -0.15) is 0 Å². The molecule has 2 aromatic carbocycles. The van der Waals surface area contributed by atoms with Crippen LogP contribution in [0, 0.1) is 0 Å². The van der Waals surface area contributed by atoms with E-state index in [1.54, 1.807) is 32.9 Å². The van der Waals surface area contributed by atoms with E-state index in [0.717, 1.165) is 5.56 Å². The molecule has 0 aliphatic carbocycles. The monoisotopic (exact) mass is 370 g/mol. The number of ether oxygens (including phenoxy) is 2. The number of hydrogen-bond acceptors (Lipinski definition) is 6. The van der Waals surface area contributed by atoms with E-state index in [4.69, 9.17) is 9.47 Å². The first-order valence-corrected chi connectivity index (χ1v) is 8.46. The van der Waals surface area contributed by atoms with Crippen molar-refractivity contribution in [2.24, 2.45) is 0 Å². The van der Waals surface area contributed by atoms with Gasteiger partial charge in [-0.1, -0.05) is 24.3 Å². The van der Waals surface area contributed by atoms with Crippen LogP contribution in [-0.4, -0.2) is 39.0 Å². The van der Waals surface area contributed by atoms with Crippen molar-refractivity contribution in [3.63, 3.8) is 0 Å². The summed E-state index contributed by atoms with van der Waals surface area (Å²) in [6.45, 7) is 5.34. The second kappa shape index (κ2) is 7.14. The van der Waals surface area contributed by atoms with E-state index >= 15 is 0 Å². The third-order valence-corrected chi connectivity index (χ3v) is 3.83. The standard InChI is InChI=1S/C19H22N4O4/c1-19(2,3)27-18(25)21-23-16-12(7-5-9-14(16)20-22-23)11-13-8-6-10-15(26-4)17(13)24/h5-10,24H,11H2,1-4H3,(H,21,25). The van der Waals surface area contributed by atoms with E-state index in [1.807, 2.05) is 24.3 Å². The molecule has 0 atom stereocenters. The molecule has 0 aliphatic rings. The Morgan fingerprint density at radius 1 is 1.19 bits per heavy atom. The highest BCUT2D eigenvalue weighted by Gasteiger charge is 2.19. The maximum absolute atomic E-state index is 12.1. The highest BCUT2D eigenvalue weighted by molar-refractivity contribution is 5.83. The van der Waals surface area contributed by atoms with Crippen molar-refractivity contribution in [3.8, 4) is 11.5 Å². The van der Waals surface area contributed by atoms with Gasteiger partial charge in [-0.3, -0.25) is 0 Å². The quantitative estimate of drug-likeness (QED) is 0.732. The minimum atomic E-state index is -0.631. The second-order valence-electron chi connectivity index (χ2n) is 7.04. The van der Waals surface area contributed by atoms with Crippen molar-refractivity contribution >= 4 is 17.1 Å². The summed E-state index contributed by atoms with van der Waals surface area (Å²) in [4.78, 5) is 13.4. The number of rotatable bonds is 4. The summed E-state index contributed by atoms with van der Waals surface area (Å²) in [6, 6.07) is 10.8. The van der Waals surface area contributed by atoms with Crippen molar-refractivity contribution in [3.05, 3.63) is 47.5 Å². The lowest BCUT2D eigenvalue weighted by molar-refractivity contribution is 0.0610. The van der Waals surface area contributed by atoms with E-state index in [9.17, 15) is 9.90 Å². The van der Waals surface area contributed by atoms with Crippen molar-refractivity contribution < 1.29 is 19.4 Å². The molecule has 8 heteroatoms. The summed E-state index contributed by atoms with van der Waals surface area (Å²) in [7, 11) is 1.50. The van der Waals surface area contributed by atoms with Gasteiger partial charge in [-0.25, -0.2) is 10.2 Å². The second-order valence-corrected chi connectivity index (χ2v) is 7.04. The molecule has 27 heavy (non-hydrogen) atoms. The predicted octanol–water partition coefficient (Wildman–Crippen LogP) is 3.21. The molecule has 0 aliphatic heterocycles. The Balaban J connectivity index is 1.95. The van der Waals surface area contributed by atoms with Crippen molar-refractivity contribution in [1.29, 1.82) is 0 Å². The molecule has 0 unspecified atom stereocenters. The summed E-state index contributed by atoms with van der Waals surface area (Å²) in [5.74, 6) is 0.481. The Morgan fingerprint density at radius 3 is 2.59 bits per heavy atom. The van der Waals surface area contributed by atoms with Gasteiger partial charge in [0.05, 0.1) is 7.11 Å². The number of aromatic nitrogens is 3. The number of methoxy groups -OCH3 is 1. The van der Waals surface area contributed by atoms with Crippen molar-refractivity contribution in [2.75, 3.05) is 12.5 Å². The lowest BCUT2D eigenvalue weighted by atomic mass is 10.0. The largest absolute Gasteiger partial charge is 0.504 e. The topological polar surface area (TPSA) is 98.5 Å². The van der Waals surface area contributed by atoms with Crippen LogP contribution in [0.5, 0.6) is 11.5 Å². The molecule has 1 amide bonds. The molecule has 1 aromatic heterocycles. The van der Waals surface area contributed by atoms with E-state index in [-0.39, 0.29) is 5.75 Å². The Morgan fingerprint density at radius 2 is 1.89 bits per heavy atom. The average molecular weight is 370 g/mol. The van der Waals surface area contributed by atoms with Crippen LogP contribution >= 0.6 is 0 Å². The van der Waals surface area contributed by atoms with E-state index in [2.05, 4.69) is 15.7 Å². The van der Waals surface area contributed by atoms with Crippen molar-refractivity contribution in [1.82, 2.24) is 15.1 Å². The first-order chi connectivity index (χ1) is 12.8. The van der Waals surface area contributed by atoms with Crippen LogP contribution in [0.4, 0.5) is 4.79 Å². The van der Waals surface area contributed by atoms with Gasteiger partial charge in [-0.05, 0) is 43.7 Å². The Hall–Kier alpha value is -3.29. The first-order valence-electron chi connectivity index (χ1n) is 8.46. The van der Waals surface area contributed by atoms with Gasteiger partial charge in [0.15, 0.2) is 11.5 Å². The third kappa shape index (κ3) is 4.11. The number of fused-ring (bicyclic) bond motifs is 1. The van der Waals surface area contributed by atoms with E-state index in [1.165, 1.54) is 11.9 Å². The summed E-state index contributed by atoms with van der Waals surface area (Å²) in [5, 5.41) is 18.4. The summed E-state index contributed by atoms with van der Waals surface area (Å²) < 4.78 is 10.4. The summed E-state index contributed by atoms with van der Waals surface area (Å²) in [5.41, 5.74) is 4.71. The molecule has 3 aromatic rings. The van der Waals surface area contributed by atoms with Crippen LogP contribution in [-0.2, 0) is 11.2 Å². The maximum Gasteiger partial charge on any atom is 0.428 e. The number of phenolic OH excluding ortho intramolecular Hbond substituents is 1. The SMILES string of the molecule is COc1cccc(Cc2cccc3nnn(NC(=O)OC(C)(C)C)c23)c1O. The van der Waals surface area contributed by atoms with Gasteiger partial charge in [0.2, 0.25) is 0 Å². The molecule has 2 N–H and O–H groups in total.